The van der Waals surface area contributed by atoms with Crippen LogP contribution < -0.4 is 14.8 Å². The molecule has 158 valence electrons. The molecule has 0 saturated heterocycles. The van der Waals surface area contributed by atoms with Crippen molar-refractivity contribution in [2.24, 2.45) is 5.92 Å². The van der Waals surface area contributed by atoms with Crippen LogP contribution in [0.15, 0.2) is 54.2 Å². The van der Waals surface area contributed by atoms with E-state index in [9.17, 15) is 9.59 Å². The zero-order valence-corrected chi connectivity index (χ0v) is 17.9. The minimum Gasteiger partial charge on any atom is -0.497 e. The predicted molar refractivity (Wildman–Crippen MR) is 117 cm³/mol. The summed E-state index contributed by atoms with van der Waals surface area (Å²) in [4.78, 5) is 27.4. The number of carbonyl (C=O) groups is 2. The van der Waals surface area contributed by atoms with Crippen LogP contribution in [0, 0.1) is 5.92 Å². The van der Waals surface area contributed by atoms with Crippen LogP contribution in [-0.2, 0) is 9.59 Å². The van der Waals surface area contributed by atoms with E-state index in [1.165, 1.54) is 4.90 Å². The van der Waals surface area contributed by atoms with E-state index in [0.29, 0.717) is 48.1 Å². The maximum absolute atomic E-state index is 13.1. The molecule has 1 aliphatic heterocycles. The number of anilines is 1. The molecule has 0 radical (unpaired) electrons. The zero-order chi connectivity index (χ0) is 21.7. The van der Waals surface area contributed by atoms with Gasteiger partial charge in [0.1, 0.15) is 17.2 Å². The molecule has 0 aromatic heterocycles. The highest BCUT2D eigenvalue weighted by Gasteiger charge is 2.38. The van der Waals surface area contributed by atoms with Crippen LogP contribution in [0.1, 0.15) is 32.8 Å². The Labute approximate surface area is 177 Å². The molecular weight excluding hydrogens is 380 g/mol. The third-order valence-electron chi connectivity index (χ3n) is 4.68. The lowest BCUT2D eigenvalue weighted by atomic mass is 10.0. The lowest BCUT2D eigenvalue weighted by Gasteiger charge is -2.14. The van der Waals surface area contributed by atoms with Crippen molar-refractivity contribution in [3.05, 3.63) is 59.8 Å². The van der Waals surface area contributed by atoms with Gasteiger partial charge >= 0.3 is 0 Å². The van der Waals surface area contributed by atoms with Crippen LogP contribution in [0.3, 0.4) is 0 Å². The van der Waals surface area contributed by atoms with Crippen LogP contribution in [-0.4, -0.2) is 37.0 Å². The fraction of sp³-hybridized carbons (Fsp3) is 0.333. The number of nitrogens with zero attached hydrogens (tertiary/aromatic N) is 1. The van der Waals surface area contributed by atoms with E-state index in [2.05, 4.69) is 19.2 Å². The van der Waals surface area contributed by atoms with Gasteiger partial charge in [0.25, 0.3) is 11.8 Å². The van der Waals surface area contributed by atoms with Gasteiger partial charge in [-0.15, -0.1) is 0 Å². The summed E-state index contributed by atoms with van der Waals surface area (Å²) < 4.78 is 11.0. The Bertz CT molecular complexity index is 948. The smallest absolute Gasteiger partial charge is 0.278 e. The van der Waals surface area contributed by atoms with E-state index in [4.69, 9.17) is 9.47 Å². The highest BCUT2D eigenvalue weighted by Crippen LogP contribution is 2.32. The minimum atomic E-state index is -0.320. The van der Waals surface area contributed by atoms with Crippen molar-refractivity contribution in [1.29, 1.82) is 0 Å². The SMILES string of the molecule is CCCN1C(=O)C(Nc2cccc(OC)c2)=C(c2ccc(OCC(C)C)cc2)C1=O. The second-order valence-corrected chi connectivity index (χ2v) is 7.60. The molecule has 6 heteroatoms. The second-order valence-electron chi connectivity index (χ2n) is 7.60. The first-order chi connectivity index (χ1) is 14.4. The van der Waals surface area contributed by atoms with Gasteiger partial charge in [-0.05, 0) is 42.2 Å². The monoisotopic (exact) mass is 408 g/mol. The number of hydrogen-bond donors (Lipinski definition) is 1. The summed E-state index contributed by atoms with van der Waals surface area (Å²) in [5, 5.41) is 3.14. The maximum atomic E-state index is 13.1. The van der Waals surface area contributed by atoms with Crippen molar-refractivity contribution in [3.8, 4) is 11.5 Å². The van der Waals surface area contributed by atoms with Gasteiger partial charge in [0, 0.05) is 18.3 Å². The quantitative estimate of drug-likeness (QED) is 0.626. The summed E-state index contributed by atoms with van der Waals surface area (Å²) in [6.45, 7) is 7.10. The van der Waals surface area contributed by atoms with Crippen molar-refractivity contribution < 1.29 is 19.1 Å². The summed E-state index contributed by atoms with van der Waals surface area (Å²) in [5.74, 6) is 1.21. The number of benzene rings is 2. The third kappa shape index (κ3) is 4.64. The molecule has 0 spiro atoms. The highest BCUT2D eigenvalue weighted by atomic mass is 16.5. The number of nitrogens with one attached hydrogen (secondary N) is 1. The predicted octanol–water partition coefficient (Wildman–Crippen LogP) is 4.33. The largest absolute Gasteiger partial charge is 0.497 e. The Morgan fingerprint density at radius 1 is 1.00 bits per heavy atom. The van der Waals surface area contributed by atoms with E-state index in [1.807, 2.05) is 49.4 Å². The fourth-order valence-electron chi connectivity index (χ4n) is 3.21. The van der Waals surface area contributed by atoms with E-state index >= 15 is 0 Å². The standard InChI is InChI=1S/C24H28N2O4/c1-5-13-26-23(27)21(17-9-11-19(12-10-17)30-15-16(2)3)22(24(26)28)25-18-7-6-8-20(14-18)29-4/h6-12,14,16,25H,5,13,15H2,1-4H3. The van der Waals surface area contributed by atoms with Crippen molar-refractivity contribution >= 4 is 23.1 Å². The summed E-state index contributed by atoms with van der Waals surface area (Å²) >= 11 is 0. The van der Waals surface area contributed by atoms with Crippen molar-refractivity contribution in [1.82, 2.24) is 4.90 Å². The minimum absolute atomic E-state index is 0.276. The number of imide groups is 1. The van der Waals surface area contributed by atoms with Gasteiger partial charge < -0.3 is 14.8 Å². The molecule has 2 aromatic rings. The molecule has 0 aliphatic carbocycles. The van der Waals surface area contributed by atoms with Gasteiger partial charge in [0.05, 0.1) is 19.3 Å². The molecule has 2 amide bonds. The number of carbonyl (C=O) groups excluding carboxylic acids is 2. The first-order valence-corrected chi connectivity index (χ1v) is 10.2. The van der Waals surface area contributed by atoms with E-state index in [-0.39, 0.29) is 17.5 Å². The molecule has 1 aliphatic rings. The first-order valence-electron chi connectivity index (χ1n) is 10.2. The van der Waals surface area contributed by atoms with Crippen LogP contribution in [0.5, 0.6) is 11.5 Å². The highest BCUT2D eigenvalue weighted by molar-refractivity contribution is 6.36. The Morgan fingerprint density at radius 3 is 2.37 bits per heavy atom. The molecule has 0 fully saturated rings. The summed E-state index contributed by atoms with van der Waals surface area (Å²) in [7, 11) is 1.58. The number of methoxy groups -OCH3 is 1. The number of rotatable bonds is 9. The van der Waals surface area contributed by atoms with E-state index in [0.717, 1.165) is 5.75 Å². The lowest BCUT2D eigenvalue weighted by molar-refractivity contribution is -0.136. The molecule has 6 nitrogen and oxygen atoms in total. The average Bonchev–Trinajstić information content (AvgIpc) is 2.97. The van der Waals surface area contributed by atoms with Gasteiger partial charge in [0.2, 0.25) is 0 Å². The third-order valence-corrected chi connectivity index (χ3v) is 4.68. The second kappa shape index (κ2) is 9.48. The lowest BCUT2D eigenvalue weighted by Crippen LogP contribution is -2.33. The first kappa shape index (κ1) is 21.4. The molecule has 30 heavy (non-hydrogen) atoms. The van der Waals surface area contributed by atoms with Gasteiger partial charge in [-0.25, -0.2) is 0 Å². The van der Waals surface area contributed by atoms with Crippen LogP contribution in [0.4, 0.5) is 5.69 Å². The molecule has 0 bridgehead atoms. The van der Waals surface area contributed by atoms with Gasteiger partial charge in [0.15, 0.2) is 0 Å². The molecule has 1 N–H and O–H groups in total. The van der Waals surface area contributed by atoms with Crippen molar-refractivity contribution in [2.75, 3.05) is 25.6 Å². The Balaban J connectivity index is 1.96. The summed E-state index contributed by atoms with van der Waals surface area (Å²) in [6.07, 6.45) is 0.694. The molecule has 1 heterocycles. The van der Waals surface area contributed by atoms with Crippen LogP contribution >= 0.6 is 0 Å². The topological polar surface area (TPSA) is 67.9 Å². The average molecular weight is 408 g/mol. The Hall–Kier alpha value is -3.28. The van der Waals surface area contributed by atoms with Gasteiger partial charge in [-0.3, -0.25) is 14.5 Å². The van der Waals surface area contributed by atoms with Gasteiger partial charge in [-0.1, -0.05) is 39.0 Å². The maximum Gasteiger partial charge on any atom is 0.278 e. The summed E-state index contributed by atoms with van der Waals surface area (Å²) in [5.41, 5.74) is 2.00. The summed E-state index contributed by atoms with van der Waals surface area (Å²) in [6, 6.07) is 14.6. The normalized spacial score (nSPS) is 14.0. The Kier molecular flexibility index (Phi) is 6.77. The van der Waals surface area contributed by atoms with Gasteiger partial charge in [-0.2, -0.15) is 0 Å². The van der Waals surface area contributed by atoms with Crippen molar-refractivity contribution in [3.63, 3.8) is 0 Å². The molecular formula is C24H28N2O4. The molecule has 0 atom stereocenters. The van der Waals surface area contributed by atoms with Crippen LogP contribution in [0.2, 0.25) is 0 Å². The number of hydrogen-bond acceptors (Lipinski definition) is 5. The zero-order valence-electron chi connectivity index (χ0n) is 17.9. The van der Waals surface area contributed by atoms with Crippen molar-refractivity contribution in [2.45, 2.75) is 27.2 Å². The number of amides is 2. The number of ether oxygens (including phenoxy) is 2. The molecule has 0 unspecified atom stereocenters. The molecule has 2 aromatic carbocycles. The fourth-order valence-corrected chi connectivity index (χ4v) is 3.21. The molecule has 3 rings (SSSR count). The van der Waals surface area contributed by atoms with E-state index in [1.54, 1.807) is 13.2 Å². The van der Waals surface area contributed by atoms with Crippen LogP contribution in [0.25, 0.3) is 5.57 Å². The molecule has 0 saturated carbocycles. The Morgan fingerprint density at radius 2 is 1.73 bits per heavy atom. The van der Waals surface area contributed by atoms with E-state index < -0.39 is 0 Å².